The lowest BCUT2D eigenvalue weighted by molar-refractivity contribution is -0.122. The molecule has 0 unspecified atom stereocenters. The van der Waals surface area contributed by atoms with Crippen molar-refractivity contribution < 1.29 is 38.1 Å². The number of Topliss-reactive ketones (excluding diaryl/α,β-unsaturated/α-hetero) is 2. The first kappa shape index (κ1) is 36.8. The van der Waals surface area contributed by atoms with Crippen molar-refractivity contribution in [3.63, 3.8) is 0 Å². The van der Waals surface area contributed by atoms with Crippen LogP contribution in [0.3, 0.4) is 0 Å². The van der Waals surface area contributed by atoms with Crippen molar-refractivity contribution in [1.82, 2.24) is 20.6 Å². The summed E-state index contributed by atoms with van der Waals surface area (Å²) in [5.74, 6) is -0.461. The van der Waals surface area contributed by atoms with E-state index in [1.165, 1.54) is 7.11 Å². The van der Waals surface area contributed by atoms with Crippen LogP contribution in [0.25, 0.3) is 0 Å². The van der Waals surface area contributed by atoms with Crippen LogP contribution in [0.5, 0.6) is 0 Å². The third-order valence-corrected chi connectivity index (χ3v) is 5.95. The topological polar surface area (TPSA) is 179 Å². The Kier molecular flexibility index (Phi) is 20.5. The Morgan fingerprint density at radius 1 is 0.571 bits per heavy atom. The van der Waals surface area contributed by atoms with Crippen molar-refractivity contribution in [2.24, 2.45) is 0 Å². The minimum Gasteiger partial charge on any atom is -0.385 e. The van der Waals surface area contributed by atoms with Crippen molar-refractivity contribution >= 4 is 35.0 Å². The number of hydrogen-bond donors (Lipinski definition) is 4. The fourth-order valence-corrected chi connectivity index (χ4v) is 3.67. The third kappa shape index (κ3) is 15.7. The molecule has 1 rings (SSSR count). The van der Waals surface area contributed by atoms with E-state index < -0.39 is 5.91 Å². The zero-order chi connectivity index (χ0) is 31.0. The molecule has 0 aliphatic heterocycles. The molecule has 0 radical (unpaired) electrons. The molecule has 0 saturated carbocycles. The van der Waals surface area contributed by atoms with Crippen LogP contribution in [0.2, 0.25) is 0 Å². The minimum atomic E-state index is -0.473. The molecule has 0 atom stereocenters. The van der Waals surface area contributed by atoms with Gasteiger partial charge in [0, 0.05) is 93.5 Å². The molecule has 1 heterocycles. The lowest BCUT2D eigenvalue weighted by Crippen LogP contribution is -2.29. The minimum absolute atomic E-state index is 0.0364. The molecule has 42 heavy (non-hydrogen) atoms. The van der Waals surface area contributed by atoms with Gasteiger partial charge >= 0.3 is 0 Å². The third-order valence-electron chi connectivity index (χ3n) is 5.95. The monoisotopic (exact) mass is 596 g/mol. The molecule has 238 valence electrons. The number of anilines is 2. The molecule has 0 aromatic carbocycles. The van der Waals surface area contributed by atoms with Crippen molar-refractivity contribution in [3.05, 3.63) is 11.4 Å². The molecule has 0 saturated heterocycles. The van der Waals surface area contributed by atoms with Crippen LogP contribution < -0.4 is 21.3 Å². The normalized spacial score (nSPS) is 10.8. The van der Waals surface area contributed by atoms with Gasteiger partial charge < -0.3 is 40.2 Å². The molecule has 1 aromatic rings. The number of hydrogen-bond acceptors (Lipinski definition) is 12. The van der Waals surface area contributed by atoms with Gasteiger partial charge in [0.25, 0.3) is 5.91 Å². The maximum atomic E-state index is 13.2. The molecule has 0 aliphatic rings. The summed E-state index contributed by atoms with van der Waals surface area (Å²) in [5.41, 5.74) is 0.141. The zero-order valence-electron chi connectivity index (χ0n) is 25.5. The van der Waals surface area contributed by atoms with Crippen LogP contribution in [0.4, 0.5) is 11.6 Å². The fraction of sp³-hybridized carbons (Fsp3) is 0.714. The fourth-order valence-electron chi connectivity index (χ4n) is 3.67. The first-order valence-electron chi connectivity index (χ1n) is 14.3. The van der Waals surface area contributed by atoms with Gasteiger partial charge in [-0.1, -0.05) is 0 Å². The Labute approximate surface area is 248 Å². The van der Waals surface area contributed by atoms with Gasteiger partial charge in [-0.25, -0.2) is 9.97 Å². The molecule has 0 fully saturated rings. The van der Waals surface area contributed by atoms with Crippen molar-refractivity contribution in [3.8, 4) is 0 Å². The molecular weight excluding hydrogens is 548 g/mol. The number of carbonyl (C=O) groups excluding carboxylic acids is 4. The number of ketones is 2. The van der Waals surface area contributed by atoms with E-state index in [4.69, 9.17) is 18.9 Å². The van der Waals surface area contributed by atoms with E-state index in [0.29, 0.717) is 84.6 Å². The summed E-state index contributed by atoms with van der Waals surface area (Å²) >= 11 is 0. The molecule has 0 spiro atoms. The molecule has 4 N–H and O–H groups in total. The molecule has 1 aromatic heterocycles. The molecular formula is C28H48N6O8. The van der Waals surface area contributed by atoms with Crippen LogP contribution in [-0.2, 0) is 28.5 Å². The number of nitrogens with zero attached hydrogens (tertiary/aromatic N) is 2. The molecule has 0 aliphatic carbocycles. The van der Waals surface area contributed by atoms with Gasteiger partial charge in [-0.3, -0.25) is 19.2 Å². The van der Waals surface area contributed by atoms with Crippen molar-refractivity contribution in [1.29, 1.82) is 0 Å². The standard InChI is InChI=1S/C28H48N6O8/c1-39-17-7-15-30-26-24(22(36)10-6-13-29-23(37)12-20-42-4)33-27(31-16-8-18-40-2)25(34-26)28(38)32-14-5-9-21(35)11-19-41-3/h5-20H2,1-4H3,(H,29,37)(H,30,34)(H,31,33)(H,32,38). The van der Waals surface area contributed by atoms with E-state index in [1.807, 2.05) is 0 Å². The lowest BCUT2D eigenvalue weighted by Gasteiger charge is -2.16. The number of amides is 2. The maximum Gasteiger partial charge on any atom is 0.273 e. The molecule has 14 nitrogen and oxygen atoms in total. The summed E-state index contributed by atoms with van der Waals surface area (Å²) < 4.78 is 20.0. The van der Waals surface area contributed by atoms with Crippen LogP contribution in [-0.4, -0.2) is 114 Å². The van der Waals surface area contributed by atoms with Crippen LogP contribution in [0, 0.1) is 0 Å². The SMILES string of the molecule is COCCCNc1nc(C(=O)NCCCC(=O)CCOC)c(NCCCOC)nc1C(=O)CCCNC(=O)CCOC. The average molecular weight is 597 g/mol. The number of methoxy groups -OCH3 is 4. The van der Waals surface area contributed by atoms with Gasteiger partial charge in [0.2, 0.25) is 5.91 Å². The number of carbonyl (C=O) groups is 4. The van der Waals surface area contributed by atoms with Crippen molar-refractivity contribution in [2.75, 3.05) is 91.7 Å². The Hall–Kier alpha value is -3.20. The quantitative estimate of drug-likeness (QED) is 0.0898. The predicted molar refractivity (Wildman–Crippen MR) is 158 cm³/mol. The second-order valence-electron chi connectivity index (χ2n) is 9.42. The summed E-state index contributed by atoms with van der Waals surface area (Å²) in [7, 11) is 6.26. The first-order valence-corrected chi connectivity index (χ1v) is 14.3. The summed E-state index contributed by atoms with van der Waals surface area (Å²) in [6.07, 6.45) is 3.20. The number of aromatic nitrogens is 2. The Bertz CT molecular complexity index is 887. The van der Waals surface area contributed by atoms with Gasteiger partial charge in [-0.2, -0.15) is 0 Å². The van der Waals surface area contributed by atoms with Crippen molar-refractivity contribution in [2.45, 2.75) is 51.4 Å². The van der Waals surface area contributed by atoms with E-state index in [-0.39, 0.29) is 59.9 Å². The summed E-state index contributed by atoms with van der Waals surface area (Å²) in [4.78, 5) is 59.2. The summed E-state index contributed by atoms with van der Waals surface area (Å²) in [5, 5.41) is 11.8. The zero-order valence-corrected chi connectivity index (χ0v) is 25.5. The number of rotatable bonds is 26. The van der Waals surface area contributed by atoms with Crippen LogP contribution in [0.15, 0.2) is 0 Å². The van der Waals surface area contributed by atoms with E-state index in [1.54, 1.807) is 21.3 Å². The maximum absolute atomic E-state index is 13.2. The Morgan fingerprint density at radius 3 is 1.71 bits per heavy atom. The van der Waals surface area contributed by atoms with E-state index in [9.17, 15) is 19.2 Å². The highest BCUT2D eigenvalue weighted by atomic mass is 16.5. The Balaban J connectivity index is 3.07. The summed E-state index contributed by atoms with van der Waals surface area (Å²) in [6, 6.07) is 0. The predicted octanol–water partition coefficient (Wildman–Crippen LogP) is 1.60. The molecule has 14 heteroatoms. The van der Waals surface area contributed by atoms with E-state index in [2.05, 4.69) is 31.2 Å². The van der Waals surface area contributed by atoms with Crippen LogP contribution in [0.1, 0.15) is 72.3 Å². The van der Waals surface area contributed by atoms with Gasteiger partial charge in [0.1, 0.15) is 5.78 Å². The van der Waals surface area contributed by atoms with Gasteiger partial charge in [-0.15, -0.1) is 0 Å². The van der Waals surface area contributed by atoms with E-state index >= 15 is 0 Å². The Morgan fingerprint density at radius 2 is 1.10 bits per heavy atom. The highest BCUT2D eigenvalue weighted by molar-refractivity contribution is 6.02. The summed E-state index contributed by atoms with van der Waals surface area (Å²) in [6.45, 7) is 3.19. The van der Waals surface area contributed by atoms with Gasteiger partial charge in [-0.05, 0) is 25.7 Å². The molecule has 2 amide bonds. The number of nitrogens with one attached hydrogen (secondary N) is 4. The van der Waals surface area contributed by atoms with Gasteiger partial charge in [0.05, 0.1) is 13.2 Å². The van der Waals surface area contributed by atoms with Crippen LogP contribution >= 0.6 is 0 Å². The highest BCUT2D eigenvalue weighted by Crippen LogP contribution is 2.21. The smallest absolute Gasteiger partial charge is 0.273 e. The second kappa shape index (κ2) is 23.4. The van der Waals surface area contributed by atoms with Gasteiger partial charge in [0.15, 0.2) is 28.8 Å². The largest absolute Gasteiger partial charge is 0.385 e. The number of ether oxygens (including phenoxy) is 4. The first-order chi connectivity index (χ1) is 20.4. The highest BCUT2D eigenvalue weighted by Gasteiger charge is 2.23. The second-order valence-corrected chi connectivity index (χ2v) is 9.42. The molecule has 0 bridgehead atoms. The lowest BCUT2D eigenvalue weighted by atomic mass is 10.1. The van der Waals surface area contributed by atoms with E-state index in [0.717, 1.165) is 0 Å². The average Bonchev–Trinajstić information content (AvgIpc) is 2.99.